The highest BCUT2D eigenvalue weighted by atomic mass is 35.5. The molecule has 1 saturated carbocycles. The fourth-order valence-electron chi connectivity index (χ4n) is 5.05. The number of carbonyl (C=O) groups excluding carboxylic acids is 2. The molecule has 1 atom stereocenters. The summed E-state index contributed by atoms with van der Waals surface area (Å²) in [5.74, 6) is -0.970. The molecule has 0 spiro atoms. The number of hydrogen-bond donors (Lipinski definition) is 1. The molecule has 0 aromatic heterocycles. The first-order valence-electron chi connectivity index (χ1n) is 13.4. The van der Waals surface area contributed by atoms with Gasteiger partial charge in [0.05, 0.1) is 17.0 Å². The predicted molar refractivity (Wildman–Crippen MR) is 170 cm³/mol. The van der Waals surface area contributed by atoms with Crippen LogP contribution in [-0.2, 0) is 32.6 Å². The van der Waals surface area contributed by atoms with Crippen LogP contribution in [0.3, 0.4) is 0 Å². The first-order chi connectivity index (χ1) is 19.9. The number of anilines is 1. The van der Waals surface area contributed by atoms with Gasteiger partial charge < -0.3 is 10.2 Å². The number of amides is 2. The predicted octanol–water partition coefficient (Wildman–Crippen LogP) is 6.77. The molecular formula is C30H31Cl4N3O4S. The van der Waals surface area contributed by atoms with E-state index in [1.165, 1.54) is 23.1 Å². The van der Waals surface area contributed by atoms with Crippen molar-refractivity contribution in [1.29, 1.82) is 0 Å². The van der Waals surface area contributed by atoms with Crippen LogP contribution >= 0.6 is 46.4 Å². The third-order valence-corrected chi connectivity index (χ3v) is 9.59. The molecule has 0 heterocycles. The first-order valence-corrected chi connectivity index (χ1v) is 16.8. The summed E-state index contributed by atoms with van der Waals surface area (Å²) in [5, 5.41) is 4.11. The molecule has 3 aromatic rings. The van der Waals surface area contributed by atoms with Crippen molar-refractivity contribution in [2.24, 2.45) is 0 Å². The van der Waals surface area contributed by atoms with Crippen LogP contribution in [0.5, 0.6) is 0 Å². The number of hydrogen-bond acceptors (Lipinski definition) is 4. The van der Waals surface area contributed by atoms with E-state index in [0.717, 1.165) is 41.8 Å². The molecule has 7 nitrogen and oxygen atoms in total. The smallest absolute Gasteiger partial charge is 0.244 e. The SMILES string of the molecule is CS(=O)(=O)N(CC(=O)N(Cc1c(Cl)cccc1Cl)[C@@H](Cc1ccccc1)C(=O)NC1CCCC1)c1ccc(Cl)cc1Cl. The molecule has 4 rings (SSSR count). The number of carbonyl (C=O) groups is 2. The molecule has 1 fully saturated rings. The summed E-state index contributed by atoms with van der Waals surface area (Å²) in [6, 6.07) is 17.6. The van der Waals surface area contributed by atoms with Gasteiger partial charge in [0.25, 0.3) is 0 Å². The van der Waals surface area contributed by atoms with E-state index in [4.69, 9.17) is 46.4 Å². The largest absolute Gasteiger partial charge is 0.352 e. The van der Waals surface area contributed by atoms with Gasteiger partial charge in [0.1, 0.15) is 12.6 Å². The van der Waals surface area contributed by atoms with Gasteiger partial charge in [-0.15, -0.1) is 0 Å². The molecule has 12 heteroatoms. The maximum Gasteiger partial charge on any atom is 0.244 e. The number of halogens is 4. The van der Waals surface area contributed by atoms with Gasteiger partial charge in [0.15, 0.2) is 0 Å². The Morgan fingerprint density at radius 2 is 1.55 bits per heavy atom. The van der Waals surface area contributed by atoms with Crippen molar-refractivity contribution in [2.75, 3.05) is 17.1 Å². The second kappa shape index (κ2) is 14.3. The molecule has 224 valence electrons. The Kier molecular flexibility index (Phi) is 11.1. The fourth-order valence-corrected chi connectivity index (χ4v) is 6.99. The monoisotopic (exact) mass is 669 g/mol. The van der Waals surface area contributed by atoms with Gasteiger partial charge in [-0.3, -0.25) is 13.9 Å². The van der Waals surface area contributed by atoms with Gasteiger partial charge in [0.2, 0.25) is 21.8 Å². The van der Waals surface area contributed by atoms with E-state index in [0.29, 0.717) is 20.6 Å². The van der Waals surface area contributed by atoms with E-state index < -0.39 is 28.5 Å². The molecule has 0 bridgehead atoms. The van der Waals surface area contributed by atoms with Crippen molar-refractivity contribution in [3.63, 3.8) is 0 Å². The van der Waals surface area contributed by atoms with Crippen molar-refractivity contribution >= 4 is 73.9 Å². The zero-order chi connectivity index (χ0) is 30.4. The maximum atomic E-state index is 14.2. The lowest BCUT2D eigenvalue weighted by Crippen LogP contribution is -2.54. The quantitative estimate of drug-likeness (QED) is 0.244. The van der Waals surface area contributed by atoms with Crippen molar-refractivity contribution < 1.29 is 18.0 Å². The minimum Gasteiger partial charge on any atom is -0.352 e. The molecule has 42 heavy (non-hydrogen) atoms. The number of nitrogens with one attached hydrogen (secondary N) is 1. The zero-order valence-electron chi connectivity index (χ0n) is 22.9. The molecule has 3 aromatic carbocycles. The minimum atomic E-state index is -3.99. The lowest BCUT2D eigenvalue weighted by molar-refractivity contribution is -0.140. The summed E-state index contributed by atoms with van der Waals surface area (Å²) in [4.78, 5) is 29.5. The second-order valence-corrected chi connectivity index (χ2v) is 13.8. The highest BCUT2D eigenvalue weighted by Gasteiger charge is 2.35. The molecule has 0 saturated heterocycles. The Morgan fingerprint density at radius 1 is 0.905 bits per heavy atom. The van der Waals surface area contributed by atoms with E-state index in [-0.39, 0.29) is 35.6 Å². The lowest BCUT2D eigenvalue weighted by Gasteiger charge is -2.34. The van der Waals surface area contributed by atoms with Crippen LogP contribution in [-0.4, -0.2) is 50.0 Å². The van der Waals surface area contributed by atoms with Crippen molar-refractivity contribution in [1.82, 2.24) is 10.2 Å². The zero-order valence-corrected chi connectivity index (χ0v) is 26.7. The summed E-state index contributed by atoms with van der Waals surface area (Å²) in [6.07, 6.45) is 4.90. The van der Waals surface area contributed by atoms with Crippen LogP contribution in [0.25, 0.3) is 0 Å². The van der Waals surface area contributed by atoms with E-state index in [1.54, 1.807) is 18.2 Å². The molecule has 1 N–H and O–H groups in total. The number of nitrogens with zero attached hydrogens (tertiary/aromatic N) is 2. The fraction of sp³-hybridized carbons (Fsp3) is 0.333. The highest BCUT2D eigenvalue weighted by molar-refractivity contribution is 7.92. The Bertz CT molecular complexity index is 1510. The van der Waals surface area contributed by atoms with Gasteiger partial charge in [0, 0.05) is 39.6 Å². The van der Waals surface area contributed by atoms with Gasteiger partial charge in [-0.05, 0) is 48.7 Å². The van der Waals surface area contributed by atoms with Gasteiger partial charge >= 0.3 is 0 Å². The van der Waals surface area contributed by atoms with Crippen LogP contribution in [0, 0.1) is 0 Å². The standard InChI is InChI=1S/C30H31Cl4N3O4S/c1-42(40,41)37(27-15-14-21(31)17-26(27)34)19-29(38)36(18-23-24(32)12-7-13-25(23)33)28(16-20-8-3-2-4-9-20)30(39)35-22-10-5-6-11-22/h2-4,7-9,12-15,17,22,28H,5-6,10-11,16,18-19H2,1H3,(H,35,39)/t28-/m0/s1. The Hall–Kier alpha value is -2.49. The highest BCUT2D eigenvalue weighted by Crippen LogP contribution is 2.32. The molecule has 0 aliphatic heterocycles. The van der Waals surface area contributed by atoms with Crippen LogP contribution < -0.4 is 9.62 Å². The Labute approximate surface area is 266 Å². The third-order valence-electron chi connectivity index (χ3n) is 7.22. The van der Waals surface area contributed by atoms with Crippen LogP contribution in [0.4, 0.5) is 5.69 Å². The molecule has 0 unspecified atom stereocenters. The summed E-state index contributed by atoms with van der Waals surface area (Å²) in [6.45, 7) is -0.747. The lowest BCUT2D eigenvalue weighted by atomic mass is 10.0. The summed E-state index contributed by atoms with van der Waals surface area (Å²) >= 11 is 25.4. The number of sulfonamides is 1. The summed E-state index contributed by atoms with van der Waals surface area (Å²) in [7, 11) is -3.99. The van der Waals surface area contributed by atoms with E-state index in [1.807, 2.05) is 30.3 Å². The third kappa shape index (κ3) is 8.32. The maximum absolute atomic E-state index is 14.2. The first kappa shape index (κ1) is 32.4. The van der Waals surface area contributed by atoms with Crippen molar-refractivity contribution in [3.05, 3.63) is 97.9 Å². The topological polar surface area (TPSA) is 86.8 Å². The van der Waals surface area contributed by atoms with Gasteiger partial charge in [-0.25, -0.2) is 8.42 Å². The average Bonchev–Trinajstić information content (AvgIpc) is 3.44. The van der Waals surface area contributed by atoms with Gasteiger partial charge in [-0.2, -0.15) is 0 Å². The second-order valence-electron chi connectivity index (χ2n) is 10.3. The van der Waals surface area contributed by atoms with E-state index in [2.05, 4.69) is 5.32 Å². The van der Waals surface area contributed by atoms with E-state index >= 15 is 0 Å². The van der Waals surface area contributed by atoms with Gasteiger partial charge in [-0.1, -0.05) is 95.6 Å². The molecule has 1 aliphatic carbocycles. The molecule has 2 amide bonds. The molecule has 1 aliphatic rings. The summed E-state index contributed by atoms with van der Waals surface area (Å²) in [5.41, 5.74) is 1.35. The number of benzene rings is 3. The Morgan fingerprint density at radius 3 is 2.14 bits per heavy atom. The molecule has 0 radical (unpaired) electrons. The summed E-state index contributed by atoms with van der Waals surface area (Å²) < 4.78 is 26.8. The van der Waals surface area contributed by atoms with E-state index in [9.17, 15) is 18.0 Å². The van der Waals surface area contributed by atoms with Crippen LogP contribution in [0.1, 0.15) is 36.8 Å². The normalized spacial score (nSPS) is 14.4. The number of rotatable bonds is 11. The Balaban J connectivity index is 1.77. The molecular weight excluding hydrogens is 640 g/mol. The van der Waals surface area contributed by atoms with Crippen molar-refractivity contribution in [2.45, 2.75) is 50.7 Å². The van der Waals surface area contributed by atoms with Crippen LogP contribution in [0.2, 0.25) is 20.1 Å². The van der Waals surface area contributed by atoms with Crippen LogP contribution in [0.15, 0.2) is 66.7 Å². The average molecular weight is 671 g/mol. The van der Waals surface area contributed by atoms with Crippen molar-refractivity contribution in [3.8, 4) is 0 Å². The minimum absolute atomic E-state index is 0.00276.